The van der Waals surface area contributed by atoms with Crippen molar-refractivity contribution in [1.29, 1.82) is 0 Å². The van der Waals surface area contributed by atoms with Crippen molar-refractivity contribution >= 4 is 6.03 Å². The van der Waals surface area contributed by atoms with E-state index < -0.39 is 0 Å². The van der Waals surface area contributed by atoms with Gasteiger partial charge in [0.15, 0.2) is 0 Å². The Morgan fingerprint density at radius 1 is 1.52 bits per heavy atom. The Labute approximate surface area is 127 Å². The number of likely N-dealkylation sites (tertiary alicyclic amines) is 1. The van der Waals surface area contributed by atoms with Crippen LogP contribution in [0.3, 0.4) is 0 Å². The number of nitrogens with zero attached hydrogens (tertiary/aromatic N) is 1. The lowest BCUT2D eigenvalue weighted by molar-refractivity contribution is 0.151. The molecule has 0 spiro atoms. The van der Waals surface area contributed by atoms with Crippen LogP contribution in [0.1, 0.15) is 38.9 Å². The molecule has 1 fully saturated rings. The first-order valence-electron chi connectivity index (χ1n) is 7.92. The second-order valence-corrected chi connectivity index (χ2v) is 6.17. The van der Waals surface area contributed by atoms with Crippen LogP contribution in [-0.2, 0) is 6.54 Å². The van der Waals surface area contributed by atoms with Crippen molar-refractivity contribution in [3.8, 4) is 0 Å². The van der Waals surface area contributed by atoms with Crippen LogP contribution < -0.4 is 10.6 Å². The number of hydrogen-bond acceptors (Lipinski definition) is 3. The number of rotatable bonds is 6. The van der Waals surface area contributed by atoms with Gasteiger partial charge in [0.05, 0.1) is 12.8 Å². The predicted molar refractivity (Wildman–Crippen MR) is 83.0 cm³/mol. The SMILES string of the molecule is CC(C)NC(=O)NCCC1CCCN(Cc2ccco2)C1. The first-order chi connectivity index (χ1) is 10.1. The van der Waals surface area contributed by atoms with E-state index in [0.717, 1.165) is 38.4 Å². The monoisotopic (exact) mass is 293 g/mol. The summed E-state index contributed by atoms with van der Waals surface area (Å²) in [6, 6.07) is 4.09. The molecular formula is C16H27N3O2. The molecule has 1 atom stereocenters. The molecule has 1 saturated heterocycles. The molecule has 0 aromatic carbocycles. The van der Waals surface area contributed by atoms with Crippen LogP contribution in [0.15, 0.2) is 22.8 Å². The first-order valence-corrected chi connectivity index (χ1v) is 7.92. The number of hydrogen-bond donors (Lipinski definition) is 2. The molecule has 21 heavy (non-hydrogen) atoms. The summed E-state index contributed by atoms with van der Waals surface area (Å²) >= 11 is 0. The molecule has 1 unspecified atom stereocenters. The van der Waals surface area contributed by atoms with Crippen molar-refractivity contribution in [2.24, 2.45) is 5.92 Å². The highest BCUT2D eigenvalue weighted by Gasteiger charge is 2.20. The highest BCUT2D eigenvalue weighted by atomic mass is 16.3. The third-order valence-corrected chi connectivity index (χ3v) is 3.82. The molecule has 2 rings (SSSR count). The van der Waals surface area contributed by atoms with Crippen LogP contribution in [0.25, 0.3) is 0 Å². The van der Waals surface area contributed by atoms with E-state index in [2.05, 4.69) is 15.5 Å². The number of urea groups is 1. The lowest BCUT2D eigenvalue weighted by atomic mass is 9.95. The molecule has 118 valence electrons. The zero-order valence-corrected chi connectivity index (χ0v) is 13.1. The molecule has 1 aromatic heterocycles. The van der Waals surface area contributed by atoms with Crippen LogP contribution in [0.4, 0.5) is 4.79 Å². The minimum atomic E-state index is -0.0618. The fraction of sp³-hybridized carbons (Fsp3) is 0.688. The Hall–Kier alpha value is -1.49. The molecule has 1 aliphatic rings. The second kappa shape index (κ2) is 8.08. The van der Waals surface area contributed by atoms with E-state index in [0.29, 0.717) is 5.92 Å². The van der Waals surface area contributed by atoms with Crippen LogP contribution in [0.2, 0.25) is 0 Å². The zero-order chi connectivity index (χ0) is 15.1. The van der Waals surface area contributed by atoms with Gasteiger partial charge in [0.2, 0.25) is 0 Å². The third-order valence-electron chi connectivity index (χ3n) is 3.82. The van der Waals surface area contributed by atoms with E-state index in [1.54, 1.807) is 6.26 Å². The average molecular weight is 293 g/mol. The van der Waals surface area contributed by atoms with E-state index in [1.807, 2.05) is 26.0 Å². The number of carbonyl (C=O) groups is 1. The Morgan fingerprint density at radius 2 is 2.38 bits per heavy atom. The maximum absolute atomic E-state index is 11.5. The molecule has 2 heterocycles. The second-order valence-electron chi connectivity index (χ2n) is 6.17. The summed E-state index contributed by atoms with van der Waals surface area (Å²) in [5.41, 5.74) is 0. The summed E-state index contributed by atoms with van der Waals surface area (Å²) in [5, 5.41) is 5.78. The van der Waals surface area contributed by atoms with Gasteiger partial charge < -0.3 is 15.1 Å². The lowest BCUT2D eigenvalue weighted by Gasteiger charge is -2.32. The smallest absolute Gasteiger partial charge is 0.314 e. The van der Waals surface area contributed by atoms with Crippen molar-refractivity contribution in [3.05, 3.63) is 24.2 Å². The van der Waals surface area contributed by atoms with Crippen LogP contribution in [0.5, 0.6) is 0 Å². The van der Waals surface area contributed by atoms with Crippen molar-refractivity contribution in [2.75, 3.05) is 19.6 Å². The summed E-state index contributed by atoms with van der Waals surface area (Å²) in [5.74, 6) is 1.69. The minimum Gasteiger partial charge on any atom is -0.468 e. The highest BCUT2D eigenvalue weighted by Crippen LogP contribution is 2.20. The molecule has 0 bridgehead atoms. The normalized spacial score (nSPS) is 19.7. The van der Waals surface area contributed by atoms with Gasteiger partial charge in [0, 0.05) is 19.1 Å². The minimum absolute atomic E-state index is 0.0618. The molecule has 0 aliphatic carbocycles. The van der Waals surface area contributed by atoms with Gasteiger partial charge in [0.25, 0.3) is 0 Å². The number of amides is 2. The molecule has 2 N–H and O–H groups in total. The maximum atomic E-state index is 11.5. The topological polar surface area (TPSA) is 57.5 Å². The number of nitrogens with one attached hydrogen (secondary N) is 2. The fourth-order valence-corrected chi connectivity index (χ4v) is 2.86. The van der Waals surface area contributed by atoms with Crippen molar-refractivity contribution in [2.45, 2.75) is 45.7 Å². The van der Waals surface area contributed by atoms with Gasteiger partial charge in [-0.1, -0.05) is 0 Å². The molecule has 5 heteroatoms. The largest absolute Gasteiger partial charge is 0.468 e. The maximum Gasteiger partial charge on any atom is 0.314 e. The zero-order valence-electron chi connectivity index (χ0n) is 13.1. The van der Waals surface area contributed by atoms with Crippen molar-refractivity contribution < 1.29 is 9.21 Å². The summed E-state index contributed by atoms with van der Waals surface area (Å²) < 4.78 is 5.41. The van der Waals surface area contributed by atoms with Gasteiger partial charge in [-0.05, 0) is 57.7 Å². The molecule has 2 amide bonds. The van der Waals surface area contributed by atoms with E-state index in [1.165, 1.54) is 12.8 Å². The molecular weight excluding hydrogens is 266 g/mol. The summed E-state index contributed by atoms with van der Waals surface area (Å²) in [4.78, 5) is 14.0. The fourth-order valence-electron chi connectivity index (χ4n) is 2.86. The number of furan rings is 1. The van der Waals surface area contributed by atoms with Gasteiger partial charge in [-0.25, -0.2) is 4.79 Å². The van der Waals surface area contributed by atoms with Gasteiger partial charge in [-0.15, -0.1) is 0 Å². The Kier molecular flexibility index (Phi) is 6.11. The summed E-state index contributed by atoms with van der Waals surface area (Å²) in [7, 11) is 0. The summed E-state index contributed by atoms with van der Waals surface area (Å²) in [6.45, 7) is 7.80. The number of piperidine rings is 1. The molecule has 1 aliphatic heterocycles. The standard InChI is InChI=1S/C16H27N3O2/c1-13(2)18-16(20)17-8-7-14-5-3-9-19(11-14)12-15-6-4-10-21-15/h4,6,10,13-14H,3,5,7-9,11-12H2,1-2H3,(H2,17,18,20). The Balaban J connectivity index is 1.66. The predicted octanol–water partition coefficient (Wildman–Crippen LogP) is 2.59. The number of carbonyl (C=O) groups excluding carboxylic acids is 1. The van der Waals surface area contributed by atoms with E-state index in [9.17, 15) is 4.79 Å². The lowest BCUT2D eigenvalue weighted by Crippen LogP contribution is -2.41. The van der Waals surface area contributed by atoms with Crippen molar-refractivity contribution in [1.82, 2.24) is 15.5 Å². The van der Waals surface area contributed by atoms with Gasteiger partial charge in [0.1, 0.15) is 5.76 Å². The third kappa shape index (κ3) is 5.79. The van der Waals surface area contributed by atoms with Crippen molar-refractivity contribution in [3.63, 3.8) is 0 Å². The molecule has 0 saturated carbocycles. The van der Waals surface area contributed by atoms with Crippen LogP contribution in [0, 0.1) is 5.92 Å². The van der Waals surface area contributed by atoms with Gasteiger partial charge in [-0.2, -0.15) is 0 Å². The van der Waals surface area contributed by atoms with Crippen LogP contribution in [-0.4, -0.2) is 36.6 Å². The average Bonchev–Trinajstić information content (AvgIpc) is 2.91. The van der Waals surface area contributed by atoms with E-state index in [-0.39, 0.29) is 12.1 Å². The van der Waals surface area contributed by atoms with E-state index >= 15 is 0 Å². The Bertz CT molecular complexity index is 417. The van der Waals surface area contributed by atoms with E-state index in [4.69, 9.17) is 4.42 Å². The van der Waals surface area contributed by atoms with Gasteiger partial charge in [-0.3, -0.25) is 4.90 Å². The molecule has 5 nitrogen and oxygen atoms in total. The quantitative estimate of drug-likeness (QED) is 0.847. The molecule has 0 radical (unpaired) electrons. The summed E-state index contributed by atoms with van der Waals surface area (Å²) in [6.07, 6.45) is 5.25. The highest BCUT2D eigenvalue weighted by molar-refractivity contribution is 5.73. The van der Waals surface area contributed by atoms with Crippen LogP contribution >= 0.6 is 0 Å². The molecule has 1 aromatic rings. The Morgan fingerprint density at radius 3 is 3.10 bits per heavy atom. The van der Waals surface area contributed by atoms with Gasteiger partial charge >= 0.3 is 6.03 Å². The first kappa shape index (κ1) is 15.9.